The second-order valence-corrected chi connectivity index (χ2v) is 5.35. The number of nitrogens with zero attached hydrogens (tertiary/aromatic N) is 1. The molecule has 3 nitrogen and oxygen atoms in total. The maximum absolute atomic E-state index is 11.7. The standard InChI is InChI=1S/C20H19NO2/c1-2-23-20(22)13-12-18-17-11-7-6-10-16(17)14-19(21-18)15-8-4-3-5-9-15/h3-11,14H,2,12-13H2,1H3. The molecule has 1 heterocycles. The Bertz CT molecular complexity index is 812. The molecule has 23 heavy (non-hydrogen) atoms. The smallest absolute Gasteiger partial charge is 0.306 e. The van der Waals surface area contributed by atoms with Crippen molar-refractivity contribution in [2.45, 2.75) is 19.8 Å². The van der Waals surface area contributed by atoms with E-state index in [4.69, 9.17) is 9.72 Å². The first-order chi connectivity index (χ1) is 11.3. The quantitative estimate of drug-likeness (QED) is 0.656. The van der Waals surface area contributed by atoms with Gasteiger partial charge in [0.1, 0.15) is 0 Å². The van der Waals surface area contributed by atoms with E-state index in [1.165, 1.54) is 0 Å². The van der Waals surface area contributed by atoms with Gasteiger partial charge in [0, 0.05) is 23.1 Å². The van der Waals surface area contributed by atoms with Gasteiger partial charge in [-0.1, -0.05) is 54.6 Å². The molecule has 0 aliphatic carbocycles. The number of esters is 1. The summed E-state index contributed by atoms with van der Waals surface area (Å²) in [6.07, 6.45) is 0.934. The molecule has 116 valence electrons. The Morgan fingerprint density at radius 2 is 1.78 bits per heavy atom. The molecule has 0 radical (unpaired) electrons. The van der Waals surface area contributed by atoms with E-state index >= 15 is 0 Å². The highest BCUT2D eigenvalue weighted by Crippen LogP contribution is 2.25. The molecule has 2 aromatic carbocycles. The topological polar surface area (TPSA) is 39.2 Å². The van der Waals surface area contributed by atoms with Crippen molar-refractivity contribution in [3.05, 3.63) is 66.4 Å². The van der Waals surface area contributed by atoms with Crippen molar-refractivity contribution in [2.24, 2.45) is 0 Å². The van der Waals surface area contributed by atoms with Crippen LogP contribution in [0.2, 0.25) is 0 Å². The molecular weight excluding hydrogens is 286 g/mol. The molecule has 0 spiro atoms. The number of hydrogen-bond acceptors (Lipinski definition) is 3. The first-order valence-corrected chi connectivity index (χ1v) is 7.87. The van der Waals surface area contributed by atoms with E-state index in [9.17, 15) is 4.79 Å². The van der Waals surface area contributed by atoms with Crippen LogP contribution >= 0.6 is 0 Å². The lowest BCUT2D eigenvalue weighted by atomic mass is 10.0. The molecule has 0 aliphatic rings. The van der Waals surface area contributed by atoms with Crippen LogP contribution in [0.25, 0.3) is 22.0 Å². The molecule has 0 saturated heterocycles. The van der Waals surface area contributed by atoms with Crippen LogP contribution < -0.4 is 0 Å². The third kappa shape index (κ3) is 3.57. The van der Waals surface area contributed by atoms with E-state index in [1.54, 1.807) is 0 Å². The number of aromatic nitrogens is 1. The normalized spacial score (nSPS) is 10.7. The lowest BCUT2D eigenvalue weighted by Gasteiger charge is -2.10. The third-order valence-electron chi connectivity index (χ3n) is 3.76. The van der Waals surface area contributed by atoms with Gasteiger partial charge in [-0.05, 0) is 18.4 Å². The predicted octanol–water partition coefficient (Wildman–Crippen LogP) is 4.40. The van der Waals surface area contributed by atoms with E-state index in [2.05, 4.69) is 18.2 Å². The molecule has 0 bridgehead atoms. The van der Waals surface area contributed by atoms with E-state index in [0.29, 0.717) is 19.4 Å². The molecule has 0 unspecified atom stereocenters. The highest BCUT2D eigenvalue weighted by Gasteiger charge is 2.10. The average Bonchev–Trinajstić information content (AvgIpc) is 2.60. The summed E-state index contributed by atoms with van der Waals surface area (Å²) >= 11 is 0. The van der Waals surface area contributed by atoms with Gasteiger partial charge in [0.2, 0.25) is 0 Å². The van der Waals surface area contributed by atoms with Gasteiger partial charge in [-0.15, -0.1) is 0 Å². The number of fused-ring (bicyclic) bond motifs is 1. The van der Waals surface area contributed by atoms with Gasteiger partial charge in [-0.25, -0.2) is 0 Å². The van der Waals surface area contributed by atoms with Crippen LogP contribution in [0.4, 0.5) is 0 Å². The van der Waals surface area contributed by atoms with Crippen molar-refractivity contribution in [1.82, 2.24) is 4.98 Å². The fraction of sp³-hybridized carbons (Fsp3) is 0.200. The highest BCUT2D eigenvalue weighted by molar-refractivity contribution is 5.88. The second-order valence-electron chi connectivity index (χ2n) is 5.35. The zero-order chi connectivity index (χ0) is 16.1. The molecule has 0 atom stereocenters. The van der Waals surface area contributed by atoms with Crippen LogP contribution in [0, 0.1) is 0 Å². The van der Waals surface area contributed by atoms with E-state index in [1.807, 2.05) is 49.4 Å². The van der Waals surface area contributed by atoms with Crippen LogP contribution in [0.15, 0.2) is 60.7 Å². The van der Waals surface area contributed by atoms with Crippen LogP contribution in [0.3, 0.4) is 0 Å². The number of aryl methyl sites for hydroxylation is 1. The summed E-state index contributed by atoms with van der Waals surface area (Å²) < 4.78 is 5.02. The van der Waals surface area contributed by atoms with Gasteiger partial charge in [0.15, 0.2) is 0 Å². The molecule has 0 N–H and O–H groups in total. The number of ether oxygens (including phenoxy) is 1. The molecule has 3 rings (SSSR count). The summed E-state index contributed by atoms with van der Waals surface area (Å²) in [6.45, 7) is 2.23. The summed E-state index contributed by atoms with van der Waals surface area (Å²) in [5, 5.41) is 2.23. The number of rotatable bonds is 5. The Morgan fingerprint density at radius 1 is 1.04 bits per heavy atom. The number of carbonyl (C=O) groups is 1. The van der Waals surface area contributed by atoms with Gasteiger partial charge >= 0.3 is 5.97 Å². The van der Waals surface area contributed by atoms with Crippen molar-refractivity contribution < 1.29 is 9.53 Å². The number of carbonyl (C=O) groups excluding carboxylic acids is 1. The van der Waals surface area contributed by atoms with E-state index in [0.717, 1.165) is 27.7 Å². The van der Waals surface area contributed by atoms with E-state index < -0.39 is 0 Å². The maximum atomic E-state index is 11.7. The van der Waals surface area contributed by atoms with Crippen molar-refractivity contribution >= 4 is 16.7 Å². The van der Waals surface area contributed by atoms with Gasteiger partial charge in [-0.3, -0.25) is 9.78 Å². The van der Waals surface area contributed by atoms with Crippen LogP contribution in [-0.4, -0.2) is 17.6 Å². The zero-order valence-electron chi connectivity index (χ0n) is 13.2. The number of hydrogen-bond donors (Lipinski definition) is 0. The Balaban J connectivity index is 1.99. The molecule has 0 amide bonds. The van der Waals surface area contributed by atoms with Crippen LogP contribution in [0.5, 0.6) is 0 Å². The number of pyridine rings is 1. The minimum absolute atomic E-state index is 0.177. The SMILES string of the molecule is CCOC(=O)CCc1nc(-c2ccccc2)cc2ccccc12. The molecule has 3 heteroatoms. The second kappa shape index (κ2) is 7.05. The Kier molecular flexibility index (Phi) is 4.67. The largest absolute Gasteiger partial charge is 0.466 e. The lowest BCUT2D eigenvalue weighted by molar-refractivity contribution is -0.143. The minimum Gasteiger partial charge on any atom is -0.466 e. The molecule has 0 aliphatic heterocycles. The third-order valence-corrected chi connectivity index (χ3v) is 3.76. The summed E-state index contributed by atoms with van der Waals surface area (Å²) in [7, 11) is 0. The van der Waals surface area contributed by atoms with Crippen molar-refractivity contribution in [3.8, 4) is 11.3 Å². The fourth-order valence-electron chi connectivity index (χ4n) is 2.67. The predicted molar refractivity (Wildman–Crippen MR) is 92.1 cm³/mol. The molecule has 3 aromatic rings. The van der Waals surface area contributed by atoms with Gasteiger partial charge in [0.25, 0.3) is 0 Å². The summed E-state index contributed by atoms with van der Waals surface area (Å²) in [5.41, 5.74) is 2.95. The Hall–Kier alpha value is -2.68. The molecule has 0 fully saturated rings. The number of benzene rings is 2. The molecule has 0 saturated carbocycles. The summed E-state index contributed by atoms with van der Waals surface area (Å²) in [6, 6.07) is 20.3. The first kappa shape index (κ1) is 15.2. The zero-order valence-corrected chi connectivity index (χ0v) is 13.2. The monoisotopic (exact) mass is 305 g/mol. The van der Waals surface area contributed by atoms with Crippen molar-refractivity contribution in [1.29, 1.82) is 0 Å². The molecular formula is C20H19NO2. The first-order valence-electron chi connectivity index (χ1n) is 7.87. The average molecular weight is 305 g/mol. The maximum Gasteiger partial charge on any atom is 0.306 e. The summed E-state index contributed by atoms with van der Waals surface area (Å²) in [4.78, 5) is 16.5. The van der Waals surface area contributed by atoms with Gasteiger partial charge < -0.3 is 4.74 Å². The molecule has 1 aromatic heterocycles. The van der Waals surface area contributed by atoms with Gasteiger partial charge in [-0.2, -0.15) is 0 Å². The highest BCUT2D eigenvalue weighted by atomic mass is 16.5. The van der Waals surface area contributed by atoms with Crippen LogP contribution in [0.1, 0.15) is 19.0 Å². The Morgan fingerprint density at radius 3 is 2.57 bits per heavy atom. The van der Waals surface area contributed by atoms with Crippen LogP contribution in [-0.2, 0) is 16.0 Å². The van der Waals surface area contributed by atoms with Gasteiger partial charge in [0.05, 0.1) is 18.7 Å². The van der Waals surface area contributed by atoms with Crippen molar-refractivity contribution in [2.75, 3.05) is 6.61 Å². The lowest BCUT2D eigenvalue weighted by Crippen LogP contribution is -2.06. The minimum atomic E-state index is -0.177. The Labute approximate surface area is 135 Å². The van der Waals surface area contributed by atoms with Crippen molar-refractivity contribution in [3.63, 3.8) is 0 Å². The fourth-order valence-corrected chi connectivity index (χ4v) is 2.67. The van der Waals surface area contributed by atoms with E-state index in [-0.39, 0.29) is 5.97 Å². The summed E-state index contributed by atoms with van der Waals surface area (Å²) in [5.74, 6) is -0.177.